The molecule has 0 fully saturated rings. The highest BCUT2D eigenvalue weighted by Gasteiger charge is 2.13. The number of hydrogen-bond acceptors (Lipinski definition) is 2. The highest BCUT2D eigenvalue weighted by Crippen LogP contribution is 2.25. The predicted octanol–water partition coefficient (Wildman–Crippen LogP) is 3.24. The van der Waals surface area contributed by atoms with Crippen molar-refractivity contribution in [2.45, 2.75) is 52.0 Å². The van der Waals surface area contributed by atoms with E-state index in [1.807, 2.05) is 0 Å². The fourth-order valence-electron chi connectivity index (χ4n) is 2.07. The Labute approximate surface area is 109 Å². The summed E-state index contributed by atoms with van der Waals surface area (Å²) < 4.78 is 0. The maximum Gasteiger partial charge on any atom is 0.303 e. The van der Waals surface area contributed by atoms with Gasteiger partial charge in [0.1, 0.15) is 0 Å². The third kappa shape index (κ3) is 3.84. The van der Waals surface area contributed by atoms with Crippen LogP contribution in [0, 0.1) is 0 Å². The van der Waals surface area contributed by atoms with Crippen LogP contribution in [-0.2, 0) is 11.2 Å². The Balaban J connectivity index is 2.96. The monoisotopic (exact) mass is 249 g/mol. The lowest BCUT2D eigenvalue weighted by atomic mass is 9.91. The van der Waals surface area contributed by atoms with Crippen LogP contribution in [0.5, 0.6) is 0 Å². The van der Waals surface area contributed by atoms with Gasteiger partial charge in [0.25, 0.3) is 0 Å². The molecule has 0 bridgehead atoms. The van der Waals surface area contributed by atoms with Gasteiger partial charge in [-0.1, -0.05) is 39.0 Å². The number of rotatable bonds is 6. The number of aliphatic carboxylic acids is 1. The molecular formula is C15H23NO2. The van der Waals surface area contributed by atoms with E-state index in [2.05, 4.69) is 39.0 Å². The van der Waals surface area contributed by atoms with Crippen LogP contribution in [0.25, 0.3) is 0 Å². The molecule has 1 rings (SSSR count). The van der Waals surface area contributed by atoms with Gasteiger partial charge in [-0.2, -0.15) is 0 Å². The van der Waals surface area contributed by atoms with Crippen molar-refractivity contribution in [3.05, 3.63) is 34.9 Å². The van der Waals surface area contributed by atoms with Crippen LogP contribution in [0.15, 0.2) is 18.2 Å². The summed E-state index contributed by atoms with van der Waals surface area (Å²) in [5, 5.41) is 8.72. The zero-order valence-electron chi connectivity index (χ0n) is 11.4. The van der Waals surface area contributed by atoms with Crippen LogP contribution in [0.2, 0.25) is 0 Å². The molecule has 0 aromatic heterocycles. The van der Waals surface area contributed by atoms with Crippen molar-refractivity contribution in [1.29, 1.82) is 0 Å². The minimum Gasteiger partial charge on any atom is -0.481 e. The molecule has 3 nitrogen and oxygen atoms in total. The van der Waals surface area contributed by atoms with Gasteiger partial charge in [0, 0.05) is 12.5 Å². The van der Waals surface area contributed by atoms with Gasteiger partial charge in [-0.25, -0.2) is 0 Å². The van der Waals surface area contributed by atoms with E-state index < -0.39 is 5.97 Å². The summed E-state index contributed by atoms with van der Waals surface area (Å²) in [4.78, 5) is 10.6. The van der Waals surface area contributed by atoms with E-state index in [1.165, 1.54) is 11.1 Å². The Morgan fingerprint density at radius 1 is 1.39 bits per heavy atom. The fraction of sp³-hybridized carbons (Fsp3) is 0.533. The van der Waals surface area contributed by atoms with Gasteiger partial charge in [0.2, 0.25) is 0 Å². The topological polar surface area (TPSA) is 63.3 Å². The Bertz CT molecular complexity index is 413. The van der Waals surface area contributed by atoms with E-state index in [1.54, 1.807) is 0 Å². The zero-order chi connectivity index (χ0) is 13.7. The second-order valence-corrected chi connectivity index (χ2v) is 5.01. The number of benzene rings is 1. The molecule has 0 heterocycles. The summed E-state index contributed by atoms with van der Waals surface area (Å²) in [5.74, 6) is -0.329. The van der Waals surface area contributed by atoms with E-state index in [0.717, 1.165) is 12.0 Å². The summed E-state index contributed by atoms with van der Waals surface area (Å²) in [6.45, 7) is 6.39. The molecule has 0 aliphatic heterocycles. The van der Waals surface area contributed by atoms with E-state index >= 15 is 0 Å². The van der Waals surface area contributed by atoms with Crippen molar-refractivity contribution in [1.82, 2.24) is 0 Å². The first-order valence-electron chi connectivity index (χ1n) is 6.55. The van der Waals surface area contributed by atoms with Gasteiger partial charge >= 0.3 is 5.97 Å². The lowest BCUT2D eigenvalue weighted by Gasteiger charge is -2.18. The molecule has 1 atom stereocenters. The van der Waals surface area contributed by atoms with Crippen molar-refractivity contribution < 1.29 is 9.90 Å². The van der Waals surface area contributed by atoms with Crippen LogP contribution in [0.4, 0.5) is 0 Å². The minimum absolute atomic E-state index is 0.121. The third-order valence-electron chi connectivity index (χ3n) is 3.29. The van der Waals surface area contributed by atoms with Gasteiger partial charge in [0.15, 0.2) is 0 Å². The Kier molecular flexibility index (Phi) is 5.35. The lowest BCUT2D eigenvalue weighted by Crippen LogP contribution is -2.14. The average molecular weight is 249 g/mol. The van der Waals surface area contributed by atoms with Gasteiger partial charge in [-0.3, -0.25) is 4.79 Å². The molecule has 100 valence electrons. The first-order valence-corrected chi connectivity index (χ1v) is 6.55. The van der Waals surface area contributed by atoms with E-state index in [4.69, 9.17) is 10.8 Å². The molecule has 0 saturated heterocycles. The maximum atomic E-state index is 10.6. The molecular weight excluding hydrogens is 226 g/mol. The number of aryl methyl sites for hydroxylation is 1. The molecule has 0 radical (unpaired) electrons. The summed E-state index contributed by atoms with van der Waals surface area (Å²) in [6, 6.07) is 6.20. The van der Waals surface area contributed by atoms with Crippen molar-refractivity contribution in [3.63, 3.8) is 0 Å². The van der Waals surface area contributed by atoms with E-state index in [9.17, 15) is 4.79 Å². The Morgan fingerprint density at radius 3 is 2.56 bits per heavy atom. The van der Waals surface area contributed by atoms with Crippen LogP contribution in [0.3, 0.4) is 0 Å². The predicted molar refractivity (Wildman–Crippen MR) is 73.7 cm³/mol. The minimum atomic E-state index is -0.788. The third-order valence-corrected chi connectivity index (χ3v) is 3.29. The average Bonchev–Trinajstić information content (AvgIpc) is 2.34. The van der Waals surface area contributed by atoms with Crippen LogP contribution in [0.1, 0.15) is 62.3 Å². The Hall–Kier alpha value is -1.35. The molecule has 18 heavy (non-hydrogen) atoms. The van der Waals surface area contributed by atoms with Crippen LogP contribution in [-0.4, -0.2) is 11.1 Å². The van der Waals surface area contributed by atoms with Crippen molar-refractivity contribution in [2.24, 2.45) is 5.73 Å². The van der Waals surface area contributed by atoms with Gasteiger partial charge < -0.3 is 10.8 Å². The standard InChI is InChI=1S/C15H23NO2/c1-4-11-5-6-12(10(2)3)9-13(11)14(16)7-8-15(17)18/h5-6,9-10,14H,4,7-8,16H2,1-3H3,(H,17,18). The summed E-state index contributed by atoms with van der Waals surface area (Å²) in [5.41, 5.74) is 9.70. The maximum absolute atomic E-state index is 10.6. The molecule has 1 aromatic rings. The first kappa shape index (κ1) is 14.7. The molecule has 3 heteroatoms. The zero-order valence-corrected chi connectivity index (χ0v) is 11.4. The molecule has 3 N–H and O–H groups in total. The smallest absolute Gasteiger partial charge is 0.303 e. The quantitative estimate of drug-likeness (QED) is 0.813. The Morgan fingerprint density at radius 2 is 2.06 bits per heavy atom. The van der Waals surface area contributed by atoms with Gasteiger partial charge in [0.05, 0.1) is 0 Å². The molecule has 0 amide bonds. The number of hydrogen-bond donors (Lipinski definition) is 2. The first-order chi connectivity index (χ1) is 8.45. The molecule has 0 aliphatic carbocycles. The van der Waals surface area contributed by atoms with E-state index in [0.29, 0.717) is 12.3 Å². The number of carboxylic acids is 1. The van der Waals surface area contributed by atoms with Crippen molar-refractivity contribution in [3.8, 4) is 0 Å². The van der Waals surface area contributed by atoms with Crippen molar-refractivity contribution >= 4 is 5.97 Å². The normalized spacial score (nSPS) is 12.7. The largest absolute Gasteiger partial charge is 0.481 e. The highest BCUT2D eigenvalue weighted by molar-refractivity contribution is 5.66. The van der Waals surface area contributed by atoms with Gasteiger partial charge in [-0.05, 0) is 35.4 Å². The van der Waals surface area contributed by atoms with Crippen LogP contribution >= 0.6 is 0 Å². The number of nitrogens with two attached hydrogens (primary N) is 1. The molecule has 0 aliphatic rings. The summed E-state index contributed by atoms with van der Waals surface area (Å²) >= 11 is 0. The summed E-state index contributed by atoms with van der Waals surface area (Å²) in [6.07, 6.45) is 1.54. The second kappa shape index (κ2) is 6.55. The molecule has 1 unspecified atom stereocenters. The molecule has 0 spiro atoms. The summed E-state index contributed by atoms with van der Waals surface area (Å²) in [7, 11) is 0. The number of carboxylic acid groups (broad SMARTS) is 1. The SMILES string of the molecule is CCc1ccc(C(C)C)cc1C(N)CCC(=O)O. The second-order valence-electron chi connectivity index (χ2n) is 5.01. The van der Waals surface area contributed by atoms with E-state index in [-0.39, 0.29) is 12.5 Å². The highest BCUT2D eigenvalue weighted by atomic mass is 16.4. The van der Waals surface area contributed by atoms with Crippen LogP contribution < -0.4 is 5.73 Å². The fourth-order valence-corrected chi connectivity index (χ4v) is 2.07. The molecule has 1 aromatic carbocycles. The van der Waals surface area contributed by atoms with Crippen molar-refractivity contribution in [2.75, 3.05) is 0 Å². The molecule has 0 saturated carbocycles. The lowest BCUT2D eigenvalue weighted by molar-refractivity contribution is -0.137. The van der Waals surface area contributed by atoms with Gasteiger partial charge in [-0.15, -0.1) is 0 Å². The number of carbonyl (C=O) groups is 1.